The third-order valence-electron chi connectivity index (χ3n) is 5.55. The van der Waals surface area contributed by atoms with E-state index in [-0.39, 0.29) is 18.0 Å². The van der Waals surface area contributed by atoms with E-state index in [0.717, 1.165) is 24.9 Å². The number of carbonyl (C=O) groups excluding carboxylic acids is 1. The van der Waals surface area contributed by atoms with Crippen molar-refractivity contribution in [3.63, 3.8) is 0 Å². The van der Waals surface area contributed by atoms with E-state index in [1.807, 2.05) is 0 Å². The van der Waals surface area contributed by atoms with Crippen molar-refractivity contribution in [2.24, 2.45) is 11.3 Å². The van der Waals surface area contributed by atoms with Gasteiger partial charge in [0.1, 0.15) is 4.47 Å². The first-order chi connectivity index (χ1) is 13.8. The lowest BCUT2D eigenvalue weighted by atomic mass is 9.70. The van der Waals surface area contributed by atoms with Gasteiger partial charge >= 0.3 is 0 Å². The molecule has 2 aromatic heterocycles. The maximum Gasteiger partial charge on any atom is 0.283 e. The molecule has 0 saturated heterocycles. The molecular weight excluding hydrogens is 434 g/mol. The number of nitrogens with one attached hydrogen (secondary N) is 2. The zero-order valence-electron chi connectivity index (χ0n) is 17.1. The number of halogens is 1. The van der Waals surface area contributed by atoms with Crippen LogP contribution in [0.3, 0.4) is 0 Å². The molecule has 1 unspecified atom stereocenters. The number of hydrogen-bond acceptors (Lipinski definition) is 5. The van der Waals surface area contributed by atoms with Gasteiger partial charge in [-0.2, -0.15) is 5.10 Å². The minimum absolute atomic E-state index is 0.214. The standard InChI is InChI=1S/C21H28BrN5O2/c1-14-11-21(2,3)7-6-16(14)26-17-13-25-27(20(29)18(17)22)10-9-24-19(28)15-5-4-8-23-12-15/h4-5,8,12-14,16,26H,6-7,9-11H2,1-3H3,(H,24,28)/t14?,16-/m1/s1. The highest BCUT2D eigenvalue weighted by Gasteiger charge is 2.32. The van der Waals surface area contributed by atoms with Crippen molar-refractivity contribution >= 4 is 27.5 Å². The van der Waals surface area contributed by atoms with Crippen LogP contribution in [0.5, 0.6) is 0 Å². The number of rotatable bonds is 6. The highest BCUT2D eigenvalue weighted by atomic mass is 79.9. The van der Waals surface area contributed by atoms with Crippen LogP contribution >= 0.6 is 15.9 Å². The molecule has 2 aromatic rings. The minimum Gasteiger partial charge on any atom is -0.380 e. The first-order valence-corrected chi connectivity index (χ1v) is 10.8. The SMILES string of the molecule is CC1CC(C)(C)CC[C@H]1Nc1cnn(CCNC(=O)c2cccnc2)c(=O)c1Br. The van der Waals surface area contributed by atoms with Crippen LogP contribution in [-0.4, -0.2) is 33.3 Å². The van der Waals surface area contributed by atoms with Crippen molar-refractivity contribution in [2.75, 3.05) is 11.9 Å². The van der Waals surface area contributed by atoms with E-state index in [2.05, 4.69) is 57.4 Å². The molecular formula is C21H28BrN5O2. The van der Waals surface area contributed by atoms with Gasteiger partial charge in [-0.25, -0.2) is 4.68 Å². The zero-order valence-corrected chi connectivity index (χ0v) is 18.7. The summed E-state index contributed by atoms with van der Waals surface area (Å²) < 4.78 is 1.83. The molecule has 1 fully saturated rings. The lowest BCUT2D eigenvalue weighted by Crippen LogP contribution is -2.38. The van der Waals surface area contributed by atoms with E-state index in [4.69, 9.17) is 0 Å². The third-order valence-corrected chi connectivity index (χ3v) is 6.32. The van der Waals surface area contributed by atoms with Crippen molar-refractivity contribution in [1.82, 2.24) is 20.1 Å². The van der Waals surface area contributed by atoms with Crippen LogP contribution in [0, 0.1) is 11.3 Å². The number of aromatic nitrogens is 3. The van der Waals surface area contributed by atoms with Gasteiger partial charge in [-0.15, -0.1) is 0 Å². The second kappa shape index (κ2) is 9.07. The maximum atomic E-state index is 12.7. The molecule has 156 valence electrons. The van der Waals surface area contributed by atoms with Gasteiger partial charge in [-0.05, 0) is 58.7 Å². The average molecular weight is 462 g/mol. The molecule has 0 aliphatic heterocycles. The number of nitrogens with zero attached hydrogens (tertiary/aromatic N) is 3. The number of amides is 1. The summed E-state index contributed by atoms with van der Waals surface area (Å²) in [6.07, 6.45) is 8.19. The van der Waals surface area contributed by atoms with E-state index in [0.29, 0.717) is 34.0 Å². The first kappa shape index (κ1) is 21.5. The fourth-order valence-corrected chi connectivity index (χ4v) is 4.38. The summed E-state index contributed by atoms with van der Waals surface area (Å²) in [7, 11) is 0. The molecule has 1 saturated carbocycles. The fraction of sp³-hybridized carbons (Fsp3) is 0.524. The Morgan fingerprint density at radius 3 is 2.86 bits per heavy atom. The molecule has 3 rings (SSSR count). The van der Waals surface area contributed by atoms with Crippen LogP contribution < -0.4 is 16.2 Å². The number of hydrogen-bond donors (Lipinski definition) is 2. The average Bonchev–Trinajstić information content (AvgIpc) is 2.69. The first-order valence-electron chi connectivity index (χ1n) is 9.97. The van der Waals surface area contributed by atoms with Crippen LogP contribution in [0.15, 0.2) is 40.0 Å². The Bertz CT molecular complexity index is 913. The summed E-state index contributed by atoms with van der Waals surface area (Å²) in [5, 5.41) is 10.6. The highest BCUT2D eigenvalue weighted by molar-refractivity contribution is 9.10. The molecule has 2 N–H and O–H groups in total. The Morgan fingerprint density at radius 1 is 1.38 bits per heavy atom. The summed E-state index contributed by atoms with van der Waals surface area (Å²) in [5.41, 5.74) is 1.37. The van der Waals surface area contributed by atoms with Crippen molar-refractivity contribution in [1.29, 1.82) is 0 Å². The van der Waals surface area contributed by atoms with E-state index >= 15 is 0 Å². The molecule has 0 aromatic carbocycles. The largest absolute Gasteiger partial charge is 0.380 e. The fourth-order valence-electron chi connectivity index (χ4n) is 3.96. The Balaban J connectivity index is 1.59. The molecule has 2 atom stereocenters. The number of pyridine rings is 1. The summed E-state index contributed by atoms with van der Waals surface area (Å²) in [6, 6.07) is 3.73. The second-order valence-corrected chi connectivity index (χ2v) is 9.33. The zero-order chi connectivity index (χ0) is 21.0. The van der Waals surface area contributed by atoms with Crippen LogP contribution in [0.25, 0.3) is 0 Å². The summed E-state index contributed by atoms with van der Waals surface area (Å²) in [4.78, 5) is 28.6. The van der Waals surface area contributed by atoms with Crippen molar-refractivity contribution in [3.8, 4) is 0 Å². The van der Waals surface area contributed by atoms with Gasteiger partial charge in [-0.3, -0.25) is 14.6 Å². The molecule has 0 spiro atoms. The van der Waals surface area contributed by atoms with Crippen LogP contribution in [0.2, 0.25) is 0 Å². The summed E-state index contributed by atoms with van der Waals surface area (Å²) in [6.45, 7) is 7.47. The van der Waals surface area contributed by atoms with E-state index in [1.165, 1.54) is 10.9 Å². The summed E-state index contributed by atoms with van der Waals surface area (Å²) in [5.74, 6) is 0.300. The van der Waals surface area contributed by atoms with Crippen molar-refractivity contribution in [3.05, 3.63) is 51.1 Å². The topological polar surface area (TPSA) is 88.9 Å². The van der Waals surface area contributed by atoms with Gasteiger partial charge in [0.25, 0.3) is 11.5 Å². The van der Waals surface area contributed by atoms with Crippen molar-refractivity contribution < 1.29 is 4.79 Å². The molecule has 8 heteroatoms. The van der Waals surface area contributed by atoms with E-state index in [9.17, 15) is 9.59 Å². The number of carbonyl (C=O) groups is 1. The van der Waals surface area contributed by atoms with Gasteiger partial charge in [0.2, 0.25) is 0 Å². The Morgan fingerprint density at radius 2 is 2.17 bits per heavy atom. The molecule has 1 aliphatic rings. The molecule has 0 radical (unpaired) electrons. The molecule has 2 heterocycles. The molecule has 0 bridgehead atoms. The third kappa shape index (κ3) is 5.44. The molecule has 29 heavy (non-hydrogen) atoms. The van der Waals surface area contributed by atoms with Crippen LogP contribution in [0.1, 0.15) is 50.4 Å². The smallest absolute Gasteiger partial charge is 0.283 e. The van der Waals surface area contributed by atoms with E-state index in [1.54, 1.807) is 24.5 Å². The van der Waals surface area contributed by atoms with Gasteiger partial charge in [0.05, 0.1) is 24.0 Å². The highest BCUT2D eigenvalue weighted by Crippen LogP contribution is 2.39. The van der Waals surface area contributed by atoms with Gasteiger partial charge in [0, 0.05) is 25.0 Å². The van der Waals surface area contributed by atoms with Crippen LogP contribution in [0.4, 0.5) is 5.69 Å². The summed E-state index contributed by atoms with van der Waals surface area (Å²) >= 11 is 3.43. The predicted octanol–water partition coefficient (Wildman–Crippen LogP) is 3.46. The molecule has 1 aliphatic carbocycles. The maximum absolute atomic E-state index is 12.7. The van der Waals surface area contributed by atoms with Gasteiger partial charge < -0.3 is 10.6 Å². The number of anilines is 1. The predicted molar refractivity (Wildman–Crippen MR) is 117 cm³/mol. The van der Waals surface area contributed by atoms with Gasteiger partial charge in [0.15, 0.2) is 0 Å². The lowest BCUT2D eigenvalue weighted by Gasteiger charge is -2.40. The van der Waals surface area contributed by atoms with E-state index < -0.39 is 0 Å². The molecule has 7 nitrogen and oxygen atoms in total. The minimum atomic E-state index is -0.224. The Labute approximate surface area is 179 Å². The van der Waals surface area contributed by atoms with Gasteiger partial charge in [-0.1, -0.05) is 20.8 Å². The quantitative estimate of drug-likeness (QED) is 0.687. The lowest BCUT2D eigenvalue weighted by molar-refractivity contribution is 0.0951. The monoisotopic (exact) mass is 461 g/mol. The molecule has 1 amide bonds. The Kier molecular flexibility index (Phi) is 6.72. The Hall–Kier alpha value is -2.22. The van der Waals surface area contributed by atoms with Crippen molar-refractivity contribution in [2.45, 2.75) is 52.6 Å². The second-order valence-electron chi connectivity index (χ2n) is 8.53. The van der Waals surface area contributed by atoms with Crippen LogP contribution in [-0.2, 0) is 6.54 Å². The normalized spacial score (nSPS) is 20.8.